The maximum Gasteiger partial charge on any atom is 0.244 e. The number of aryl methyl sites for hydroxylation is 1. The lowest BCUT2D eigenvalue weighted by atomic mass is 10.1. The fourth-order valence-electron chi connectivity index (χ4n) is 2.75. The number of carbonyl (C=O) groups is 2. The number of rotatable bonds is 7. The molecule has 1 saturated heterocycles. The average Bonchev–Trinajstić information content (AvgIpc) is 2.59. The van der Waals surface area contributed by atoms with Gasteiger partial charge >= 0.3 is 0 Å². The molecule has 132 valence electrons. The number of nitrogens with zero attached hydrogens (tertiary/aromatic N) is 2. The first-order chi connectivity index (χ1) is 11.6. The Morgan fingerprint density at radius 1 is 1.25 bits per heavy atom. The minimum atomic E-state index is -0.159. The molecule has 0 spiro atoms. The first-order valence-corrected chi connectivity index (χ1v) is 8.53. The number of ether oxygens (including phenoxy) is 1. The molecule has 1 N–H and O–H groups in total. The monoisotopic (exact) mass is 333 g/mol. The fourth-order valence-corrected chi connectivity index (χ4v) is 2.75. The van der Waals surface area contributed by atoms with Crippen LogP contribution in [0.2, 0.25) is 0 Å². The van der Waals surface area contributed by atoms with Gasteiger partial charge in [0.25, 0.3) is 0 Å². The van der Waals surface area contributed by atoms with E-state index in [1.54, 1.807) is 4.90 Å². The minimum Gasteiger partial charge on any atom is -0.379 e. The van der Waals surface area contributed by atoms with E-state index in [0.29, 0.717) is 6.54 Å². The first kappa shape index (κ1) is 18.4. The van der Waals surface area contributed by atoms with Gasteiger partial charge in [0.05, 0.1) is 19.8 Å². The normalized spacial score (nSPS) is 15.1. The van der Waals surface area contributed by atoms with Crippen LogP contribution in [-0.4, -0.2) is 67.6 Å². The van der Waals surface area contributed by atoms with Crippen molar-refractivity contribution in [3.8, 4) is 0 Å². The summed E-state index contributed by atoms with van der Waals surface area (Å²) < 4.78 is 5.32. The summed E-state index contributed by atoms with van der Waals surface area (Å²) in [6.07, 6.45) is 0.851. The van der Waals surface area contributed by atoms with Crippen LogP contribution in [0.1, 0.15) is 19.4 Å². The van der Waals surface area contributed by atoms with Gasteiger partial charge in [-0.1, -0.05) is 25.1 Å². The predicted octanol–water partition coefficient (Wildman–Crippen LogP) is 1.37. The molecule has 2 rings (SSSR count). The maximum atomic E-state index is 12.3. The molecule has 1 aromatic rings. The van der Waals surface area contributed by atoms with Crippen molar-refractivity contribution in [1.29, 1.82) is 0 Å². The SMILES string of the molecule is CCc1ccccc1NC(=O)CN(CCN1CCOCC1)C(C)=O. The Kier molecular flexibility index (Phi) is 7.21. The Hall–Kier alpha value is -1.92. The van der Waals surface area contributed by atoms with Gasteiger partial charge in [0.1, 0.15) is 0 Å². The molecule has 1 aliphatic rings. The van der Waals surface area contributed by atoms with Crippen LogP contribution >= 0.6 is 0 Å². The van der Waals surface area contributed by atoms with Gasteiger partial charge in [0, 0.05) is 38.8 Å². The molecule has 0 bridgehead atoms. The molecule has 0 unspecified atom stereocenters. The van der Waals surface area contributed by atoms with Gasteiger partial charge in [-0.3, -0.25) is 14.5 Å². The second kappa shape index (κ2) is 9.39. The largest absolute Gasteiger partial charge is 0.379 e. The zero-order valence-electron chi connectivity index (χ0n) is 14.6. The molecule has 24 heavy (non-hydrogen) atoms. The van der Waals surface area contributed by atoms with Crippen molar-refractivity contribution < 1.29 is 14.3 Å². The summed E-state index contributed by atoms with van der Waals surface area (Å²) in [4.78, 5) is 28.0. The third-order valence-corrected chi connectivity index (χ3v) is 4.24. The predicted molar refractivity (Wildman–Crippen MR) is 94.0 cm³/mol. The van der Waals surface area contributed by atoms with E-state index in [9.17, 15) is 9.59 Å². The number of morpholine rings is 1. The summed E-state index contributed by atoms with van der Waals surface area (Å²) in [6, 6.07) is 7.74. The minimum absolute atomic E-state index is 0.0811. The molecule has 0 aliphatic carbocycles. The molecule has 2 amide bonds. The number of hydrogen-bond donors (Lipinski definition) is 1. The van der Waals surface area contributed by atoms with Gasteiger partial charge < -0.3 is 15.0 Å². The second-order valence-electron chi connectivity index (χ2n) is 5.95. The lowest BCUT2D eigenvalue weighted by molar-refractivity contribution is -0.133. The van der Waals surface area contributed by atoms with Crippen LogP contribution in [-0.2, 0) is 20.7 Å². The Balaban J connectivity index is 1.87. The highest BCUT2D eigenvalue weighted by molar-refractivity contribution is 5.94. The highest BCUT2D eigenvalue weighted by Gasteiger charge is 2.17. The Labute approximate surface area is 143 Å². The van der Waals surface area contributed by atoms with Crippen LogP contribution < -0.4 is 5.32 Å². The topological polar surface area (TPSA) is 61.9 Å². The van der Waals surface area contributed by atoms with E-state index < -0.39 is 0 Å². The lowest BCUT2D eigenvalue weighted by Crippen LogP contribution is -2.44. The summed E-state index contributed by atoms with van der Waals surface area (Å²) in [5.41, 5.74) is 1.91. The van der Waals surface area contributed by atoms with Gasteiger partial charge in [-0.15, -0.1) is 0 Å². The number of nitrogens with one attached hydrogen (secondary N) is 1. The summed E-state index contributed by atoms with van der Waals surface area (Å²) >= 11 is 0. The molecule has 1 aliphatic heterocycles. The Morgan fingerprint density at radius 2 is 1.96 bits per heavy atom. The van der Waals surface area contributed by atoms with E-state index in [4.69, 9.17) is 4.74 Å². The van der Waals surface area contributed by atoms with E-state index in [1.807, 2.05) is 24.3 Å². The quantitative estimate of drug-likeness (QED) is 0.819. The average molecular weight is 333 g/mol. The molecule has 0 aromatic heterocycles. The molecule has 0 radical (unpaired) electrons. The van der Waals surface area contributed by atoms with Gasteiger partial charge in [-0.05, 0) is 18.1 Å². The molecule has 1 heterocycles. The lowest BCUT2D eigenvalue weighted by Gasteiger charge is -2.29. The number of carbonyl (C=O) groups excluding carboxylic acids is 2. The summed E-state index contributed by atoms with van der Waals surface area (Å²) in [5, 5.41) is 2.92. The molecule has 0 saturated carbocycles. The van der Waals surface area contributed by atoms with E-state index in [1.165, 1.54) is 6.92 Å². The number of amides is 2. The van der Waals surface area contributed by atoms with Gasteiger partial charge in [-0.2, -0.15) is 0 Å². The van der Waals surface area contributed by atoms with Gasteiger partial charge in [0.15, 0.2) is 0 Å². The van der Waals surface area contributed by atoms with Gasteiger partial charge in [-0.25, -0.2) is 0 Å². The molecule has 1 aromatic carbocycles. The van der Waals surface area contributed by atoms with Crippen LogP contribution in [0.5, 0.6) is 0 Å². The van der Waals surface area contributed by atoms with E-state index in [2.05, 4.69) is 17.1 Å². The van der Waals surface area contributed by atoms with Crippen molar-refractivity contribution in [3.63, 3.8) is 0 Å². The maximum absolute atomic E-state index is 12.3. The van der Waals surface area contributed by atoms with Crippen LogP contribution in [0.15, 0.2) is 24.3 Å². The number of benzene rings is 1. The van der Waals surface area contributed by atoms with Crippen LogP contribution in [0, 0.1) is 0 Å². The summed E-state index contributed by atoms with van der Waals surface area (Å²) in [7, 11) is 0. The number of anilines is 1. The van der Waals surface area contributed by atoms with E-state index in [-0.39, 0.29) is 18.4 Å². The smallest absolute Gasteiger partial charge is 0.244 e. The van der Waals surface area contributed by atoms with Crippen molar-refractivity contribution in [2.24, 2.45) is 0 Å². The van der Waals surface area contributed by atoms with Crippen molar-refractivity contribution in [3.05, 3.63) is 29.8 Å². The van der Waals surface area contributed by atoms with Crippen molar-refractivity contribution in [2.45, 2.75) is 20.3 Å². The molecule has 1 fully saturated rings. The van der Waals surface area contributed by atoms with Crippen LogP contribution in [0.3, 0.4) is 0 Å². The number of hydrogen-bond acceptors (Lipinski definition) is 4. The molecular weight excluding hydrogens is 306 g/mol. The van der Waals surface area contributed by atoms with Crippen molar-refractivity contribution in [1.82, 2.24) is 9.80 Å². The molecule has 6 heteroatoms. The Bertz CT molecular complexity index is 556. The highest BCUT2D eigenvalue weighted by Crippen LogP contribution is 2.15. The van der Waals surface area contributed by atoms with Crippen LogP contribution in [0.25, 0.3) is 0 Å². The molecule has 0 atom stereocenters. The van der Waals surface area contributed by atoms with Gasteiger partial charge in [0.2, 0.25) is 11.8 Å². The highest BCUT2D eigenvalue weighted by atomic mass is 16.5. The first-order valence-electron chi connectivity index (χ1n) is 8.53. The summed E-state index contributed by atoms with van der Waals surface area (Å²) in [6.45, 7) is 8.17. The third-order valence-electron chi connectivity index (χ3n) is 4.24. The fraction of sp³-hybridized carbons (Fsp3) is 0.556. The molecular formula is C18H27N3O3. The zero-order chi connectivity index (χ0) is 17.4. The van der Waals surface area contributed by atoms with Crippen LogP contribution in [0.4, 0.5) is 5.69 Å². The Morgan fingerprint density at radius 3 is 2.62 bits per heavy atom. The van der Waals surface area contributed by atoms with Crippen molar-refractivity contribution >= 4 is 17.5 Å². The zero-order valence-corrected chi connectivity index (χ0v) is 14.6. The van der Waals surface area contributed by atoms with Crippen molar-refractivity contribution in [2.75, 3.05) is 51.3 Å². The third kappa shape index (κ3) is 5.62. The summed E-state index contributed by atoms with van der Waals surface area (Å²) in [5.74, 6) is -0.240. The number of para-hydroxylation sites is 1. The van der Waals surface area contributed by atoms with E-state index >= 15 is 0 Å². The van der Waals surface area contributed by atoms with E-state index in [0.717, 1.165) is 50.5 Å². The second-order valence-corrected chi connectivity index (χ2v) is 5.95. The standard InChI is InChI=1S/C18H27N3O3/c1-3-16-6-4-5-7-17(16)19-18(23)14-21(15(2)22)9-8-20-10-12-24-13-11-20/h4-7H,3,8-14H2,1-2H3,(H,19,23). The molecule has 6 nitrogen and oxygen atoms in total.